The number of methoxy groups -OCH3 is 1. The summed E-state index contributed by atoms with van der Waals surface area (Å²) in [4.78, 5) is 25.0. The second-order valence-corrected chi connectivity index (χ2v) is 10.4. The number of piperidine rings is 1. The molecule has 2 amide bonds. The molecule has 1 fully saturated rings. The van der Waals surface area contributed by atoms with Gasteiger partial charge in [0.2, 0.25) is 15.9 Å². The van der Waals surface area contributed by atoms with Crippen LogP contribution in [0.4, 0.5) is 5.69 Å². The molecule has 35 heavy (non-hydrogen) atoms. The third kappa shape index (κ3) is 5.80. The maximum atomic E-state index is 13.2. The molecule has 0 aromatic heterocycles. The number of anilines is 1. The monoisotopic (exact) mass is 495 g/mol. The summed E-state index contributed by atoms with van der Waals surface area (Å²) in [7, 11) is -2.32. The van der Waals surface area contributed by atoms with Gasteiger partial charge in [-0.05, 0) is 53.9 Å². The molecule has 184 valence electrons. The van der Waals surface area contributed by atoms with Crippen LogP contribution in [0.2, 0.25) is 0 Å². The van der Waals surface area contributed by atoms with Gasteiger partial charge in [-0.15, -0.1) is 0 Å². The smallest absolute Gasteiger partial charge is 0.251 e. The van der Waals surface area contributed by atoms with E-state index in [1.807, 2.05) is 36.4 Å². The van der Waals surface area contributed by atoms with Gasteiger partial charge in [-0.2, -0.15) is 4.31 Å². The molecule has 0 atom stereocenters. The quantitative estimate of drug-likeness (QED) is 0.495. The summed E-state index contributed by atoms with van der Waals surface area (Å²) in [6.07, 6.45) is 2.70. The minimum atomic E-state index is -3.74. The molecule has 1 saturated heterocycles. The van der Waals surface area contributed by atoms with Crippen molar-refractivity contribution in [2.75, 3.05) is 32.1 Å². The van der Waals surface area contributed by atoms with Crippen LogP contribution in [0.3, 0.4) is 0 Å². The number of hydrogen-bond donors (Lipinski definition) is 2. The molecular formula is C26H29N3O5S. The average Bonchev–Trinajstić information content (AvgIpc) is 2.88. The molecule has 1 heterocycles. The number of carbonyl (C=O) groups excluding carboxylic acids is 2. The Balaban J connectivity index is 1.37. The lowest BCUT2D eigenvalue weighted by Crippen LogP contribution is -2.35. The Morgan fingerprint density at radius 3 is 2.43 bits per heavy atom. The Bertz CT molecular complexity index is 1330. The Labute approximate surface area is 205 Å². The molecule has 0 aliphatic carbocycles. The van der Waals surface area contributed by atoms with Crippen molar-refractivity contribution in [3.8, 4) is 5.75 Å². The van der Waals surface area contributed by atoms with E-state index in [1.54, 1.807) is 12.1 Å². The summed E-state index contributed by atoms with van der Waals surface area (Å²) in [6.45, 7) is 1.09. The van der Waals surface area contributed by atoms with Crippen molar-refractivity contribution < 1.29 is 22.7 Å². The van der Waals surface area contributed by atoms with Gasteiger partial charge in [-0.1, -0.05) is 36.8 Å². The number of ether oxygens (including phenoxy) is 1. The van der Waals surface area contributed by atoms with Gasteiger partial charge in [-0.25, -0.2) is 8.42 Å². The van der Waals surface area contributed by atoms with Crippen LogP contribution in [0.1, 0.15) is 36.0 Å². The first kappa shape index (κ1) is 24.7. The molecule has 0 spiro atoms. The van der Waals surface area contributed by atoms with Crippen molar-refractivity contribution in [2.24, 2.45) is 0 Å². The molecule has 9 heteroatoms. The third-order valence-electron chi connectivity index (χ3n) is 6.03. The van der Waals surface area contributed by atoms with Gasteiger partial charge >= 0.3 is 0 Å². The Kier molecular flexibility index (Phi) is 7.67. The molecular weight excluding hydrogens is 466 g/mol. The van der Waals surface area contributed by atoms with E-state index < -0.39 is 10.0 Å². The zero-order valence-electron chi connectivity index (χ0n) is 19.6. The molecule has 4 rings (SSSR count). The van der Waals surface area contributed by atoms with Gasteiger partial charge in [0.15, 0.2) is 0 Å². The molecule has 1 aliphatic rings. The first-order valence-electron chi connectivity index (χ1n) is 11.6. The first-order valence-corrected chi connectivity index (χ1v) is 13.1. The lowest BCUT2D eigenvalue weighted by atomic mass is 10.1. The second kappa shape index (κ2) is 10.9. The fraction of sp³-hybridized carbons (Fsp3) is 0.308. The number of fused-ring (bicyclic) bond motifs is 1. The topological polar surface area (TPSA) is 105 Å². The highest BCUT2D eigenvalue weighted by molar-refractivity contribution is 7.89. The fourth-order valence-corrected chi connectivity index (χ4v) is 5.84. The van der Waals surface area contributed by atoms with E-state index in [0.717, 1.165) is 30.0 Å². The Hall–Kier alpha value is -3.43. The maximum absolute atomic E-state index is 13.2. The SMILES string of the molecule is COc1ccc(NC(=O)CCNC(=O)c2ccc3ccccc3c2)cc1S(=O)(=O)N1CCCCC1. The van der Waals surface area contributed by atoms with Crippen LogP contribution >= 0.6 is 0 Å². The van der Waals surface area contributed by atoms with E-state index in [2.05, 4.69) is 10.6 Å². The molecule has 1 aliphatic heterocycles. The summed E-state index contributed by atoms with van der Waals surface area (Å²) >= 11 is 0. The molecule has 0 unspecified atom stereocenters. The summed E-state index contributed by atoms with van der Waals surface area (Å²) in [5.74, 6) is -0.366. The number of benzene rings is 3. The minimum absolute atomic E-state index is 0.0318. The number of rotatable bonds is 8. The van der Waals surface area contributed by atoms with E-state index in [1.165, 1.54) is 23.5 Å². The van der Waals surface area contributed by atoms with Gasteiger partial charge in [-0.3, -0.25) is 9.59 Å². The molecule has 0 radical (unpaired) electrons. The van der Waals surface area contributed by atoms with E-state index in [-0.39, 0.29) is 35.4 Å². The number of amides is 2. The number of carbonyl (C=O) groups is 2. The minimum Gasteiger partial charge on any atom is -0.495 e. The maximum Gasteiger partial charge on any atom is 0.251 e. The molecule has 8 nitrogen and oxygen atoms in total. The molecule has 0 bridgehead atoms. The highest BCUT2D eigenvalue weighted by atomic mass is 32.2. The first-order chi connectivity index (χ1) is 16.9. The van der Waals surface area contributed by atoms with Gasteiger partial charge in [0.1, 0.15) is 10.6 Å². The van der Waals surface area contributed by atoms with Crippen LogP contribution in [0.5, 0.6) is 5.75 Å². The van der Waals surface area contributed by atoms with E-state index in [9.17, 15) is 18.0 Å². The summed E-state index contributed by atoms with van der Waals surface area (Å²) < 4.78 is 33.0. The Morgan fingerprint density at radius 2 is 1.69 bits per heavy atom. The predicted octanol–water partition coefficient (Wildman–Crippen LogP) is 3.78. The van der Waals surface area contributed by atoms with Crippen molar-refractivity contribution in [2.45, 2.75) is 30.6 Å². The van der Waals surface area contributed by atoms with Crippen LogP contribution < -0.4 is 15.4 Å². The van der Waals surface area contributed by atoms with Crippen LogP contribution in [0.15, 0.2) is 65.6 Å². The standard InChI is InChI=1S/C26H29N3O5S/c1-34-23-12-11-22(18-24(23)35(32,33)29-15-5-2-6-16-29)28-25(30)13-14-27-26(31)21-10-9-19-7-3-4-8-20(19)17-21/h3-4,7-12,17-18H,2,5-6,13-16H2,1H3,(H,27,31)(H,28,30). The van der Waals surface area contributed by atoms with Crippen molar-refractivity contribution >= 4 is 38.3 Å². The Morgan fingerprint density at radius 1 is 0.943 bits per heavy atom. The van der Waals surface area contributed by atoms with E-state index >= 15 is 0 Å². The van der Waals surface area contributed by atoms with E-state index in [0.29, 0.717) is 24.3 Å². The van der Waals surface area contributed by atoms with Crippen LogP contribution in [-0.4, -0.2) is 51.3 Å². The highest BCUT2D eigenvalue weighted by Crippen LogP contribution is 2.31. The van der Waals surface area contributed by atoms with Crippen molar-refractivity contribution in [1.29, 1.82) is 0 Å². The highest BCUT2D eigenvalue weighted by Gasteiger charge is 2.29. The lowest BCUT2D eigenvalue weighted by Gasteiger charge is -2.26. The fourth-order valence-electron chi connectivity index (χ4n) is 4.15. The number of sulfonamides is 1. The van der Waals surface area contributed by atoms with Crippen molar-refractivity contribution in [3.63, 3.8) is 0 Å². The number of hydrogen-bond acceptors (Lipinski definition) is 5. The summed E-state index contributed by atoms with van der Waals surface area (Å²) in [6, 6.07) is 17.8. The van der Waals surface area contributed by atoms with Crippen LogP contribution in [0, 0.1) is 0 Å². The lowest BCUT2D eigenvalue weighted by molar-refractivity contribution is -0.116. The van der Waals surface area contributed by atoms with Gasteiger partial charge < -0.3 is 15.4 Å². The van der Waals surface area contributed by atoms with Gasteiger partial charge in [0.05, 0.1) is 7.11 Å². The predicted molar refractivity (Wildman–Crippen MR) is 135 cm³/mol. The normalized spacial score (nSPS) is 14.4. The van der Waals surface area contributed by atoms with Crippen LogP contribution in [-0.2, 0) is 14.8 Å². The van der Waals surface area contributed by atoms with Gasteiger partial charge in [0, 0.05) is 37.3 Å². The van der Waals surface area contributed by atoms with E-state index in [4.69, 9.17) is 4.74 Å². The molecule has 2 N–H and O–H groups in total. The average molecular weight is 496 g/mol. The molecule has 3 aromatic carbocycles. The van der Waals surface area contributed by atoms with Crippen molar-refractivity contribution in [3.05, 3.63) is 66.2 Å². The van der Waals surface area contributed by atoms with Crippen molar-refractivity contribution in [1.82, 2.24) is 9.62 Å². The van der Waals surface area contributed by atoms with Gasteiger partial charge in [0.25, 0.3) is 5.91 Å². The number of nitrogens with one attached hydrogen (secondary N) is 2. The zero-order chi connectivity index (χ0) is 24.8. The summed E-state index contributed by atoms with van der Waals surface area (Å²) in [5, 5.41) is 7.48. The zero-order valence-corrected chi connectivity index (χ0v) is 20.4. The largest absolute Gasteiger partial charge is 0.495 e. The second-order valence-electron chi connectivity index (χ2n) is 8.45. The molecule has 0 saturated carbocycles. The summed E-state index contributed by atoms with van der Waals surface area (Å²) in [5.41, 5.74) is 0.874. The number of nitrogens with zero attached hydrogens (tertiary/aromatic N) is 1. The molecule has 3 aromatic rings. The van der Waals surface area contributed by atoms with Crippen LogP contribution in [0.25, 0.3) is 10.8 Å². The third-order valence-corrected chi connectivity index (χ3v) is 7.95.